The lowest BCUT2D eigenvalue weighted by Crippen LogP contribution is -2.28. The molecule has 100 valence electrons. The van der Waals surface area contributed by atoms with Gasteiger partial charge < -0.3 is 9.90 Å². The summed E-state index contributed by atoms with van der Waals surface area (Å²) in [6, 6.07) is 10.1. The molecule has 0 heterocycles. The minimum absolute atomic E-state index is 0.204. The van der Waals surface area contributed by atoms with Crippen molar-refractivity contribution in [3.05, 3.63) is 35.9 Å². The smallest absolute Gasteiger partial charge is 0.122 e. The van der Waals surface area contributed by atoms with E-state index in [2.05, 4.69) is 0 Å². The largest absolute Gasteiger partial charge is 0.385 e. The normalized spacial score (nSPS) is 17.8. The van der Waals surface area contributed by atoms with E-state index in [9.17, 15) is 9.90 Å². The van der Waals surface area contributed by atoms with Gasteiger partial charge in [0.2, 0.25) is 0 Å². The van der Waals surface area contributed by atoms with Gasteiger partial charge in [-0.15, -0.1) is 0 Å². The molecule has 1 aromatic rings. The minimum Gasteiger partial charge on any atom is -0.385 e. The quantitative estimate of drug-likeness (QED) is 0.811. The zero-order valence-corrected chi connectivity index (χ0v) is 11.4. The van der Waals surface area contributed by atoms with Crippen LogP contribution in [0.15, 0.2) is 30.3 Å². The number of carbonyl (C=O) groups excluding carboxylic acids is 1. The highest BCUT2D eigenvalue weighted by Crippen LogP contribution is 2.36. The Bertz CT molecular complexity index is 337. The Kier molecular flexibility index (Phi) is 6.06. The fourth-order valence-electron chi connectivity index (χ4n) is 2.17. The summed E-state index contributed by atoms with van der Waals surface area (Å²) in [5.74, 6) is 0.204. The van der Waals surface area contributed by atoms with Crippen LogP contribution in [0.1, 0.15) is 51.5 Å². The summed E-state index contributed by atoms with van der Waals surface area (Å²) in [5.41, 5.74) is 0.564. The van der Waals surface area contributed by atoms with Crippen molar-refractivity contribution in [2.75, 3.05) is 0 Å². The summed E-state index contributed by atoms with van der Waals surface area (Å²) in [7, 11) is 0. The van der Waals surface area contributed by atoms with E-state index in [1.165, 1.54) is 6.42 Å². The van der Waals surface area contributed by atoms with E-state index in [0.717, 1.165) is 37.5 Å². The molecule has 0 spiro atoms. The molecule has 1 N–H and O–H groups in total. The standard InChI is InChI=1S/C12H16O.C4H8O/c13-12(9-5-2-6-10-12)11-7-3-1-4-8-11;1-4(2)3-5/h1,3-4,7-8,13H,2,5-6,9-10H2;3-4H,1-2H3. The van der Waals surface area contributed by atoms with E-state index in [1.807, 2.05) is 44.2 Å². The molecule has 0 bridgehead atoms. The molecule has 0 unspecified atom stereocenters. The van der Waals surface area contributed by atoms with Crippen LogP contribution in [-0.4, -0.2) is 11.4 Å². The predicted octanol–water partition coefficient (Wildman–Crippen LogP) is 3.68. The van der Waals surface area contributed by atoms with Crippen LogP contribution in [0.4, 0.5) is 0 Å². The first kappa shape index (κ1) is 14.9. The topological polar surface area (TPSA) is 37.3 Å². The second-order valence-electron chi connectivity index (χ2n) is 5.34. The SMILES string of the molecule is CC(C)C=O.OC1(c2ccccc2)CCCCC1. The fourth-order valence-corrected chi connectivity index (χ4v) is 2.17. The van der Waals surface area contributed by atoms with E-state index in [1.54, 1.807) is 0 Å². The maximum atomic E-state index is 10.3. The monoisotopic (exact) mass is 248 g/mol. The summed E-state index contributed by atoms with van der Waals surface area (Å²) in [6.07, 6.45) is 6.36. The zero-order chi connectivity index (χ0) is 13.4. The minimum atomic E-state index is -0.528. The maximum Gasteiger partial charge on any atom is 0.122 e. The fraction of sp³-hybridized carbons (Fsp3) is 0.562. The first-order valence-electron chi connectivity index (χ1n) is 6.82. The van der Waals surface area contributed by atoms with Gasteiger partial charge in [-0.2, -0.15) is 0 Å². The van der Waals surface area contributed by atoms with Crippen LogP contribution < -0.4 is 0 Å². The third-order valence-corrected chi connectivity index (χ3v) is 3.26. The Hall–Kier alpha value is -1.15. The van der Waals surface area contributed by atoms with E-state index in [-0.39, 0.29) is 5.92 Å². The van der Waals surface area contributed by atoms with Gasteiger partial charge >= 0.3 is 0 Å². The van der Waals surface area contributed by atoms with Gasteiger partial charge in [0, 0.05) is 5.92 Å². The molecule has 1 aliphatic rings. The zero-order valence-electron chi connectivity index (χ0n) is 11.4. The molecule has 2 heteroatoms. The van der Waals surface area contributed by atoms with Gasteiger partial charge in [-0.3, -0.25) is 0 Å². The van der Waals surface area contributed by atoms with Crippen molar-refractivity contribution < 1.29 is 9.90 Å². The summed E-state index contributed by atoms with van der Waals surface area (Å²) >= 11 is 0. The number of rotatable bonds is 2. The second kappa shape index (κ2) is 7.32. The van der Waals surface area contributed by atoms with Crippen LogP contribution in [0.5, 0.6) is 0 Å². The molecule has 0 atom stereocenters. The van der Waals surface area contributed by atoms with Crippen molar-refractivity contribution in [2.24, 2.45) is 5.92 Å². The third kappa shape index (κ3) is 4.61. The van der Waals surface area contributed by atoms with Gasteiger partial charge in [0.05, 0.1) is 5.60 Å². The first-order chi connectivity index (χ1) is 8.58. The van der Waals surface area contributed by atoms with Crippen LogP contribution in [-0.2, 0) is 10.4 Å². The number of benzene rings is 1. The van der Waals surface area contributed by atoms with Gasteiger partial charge in [-0.25, -0.2) is 0 Å². The molecule has 2 rings (SSSR count). The Morgan fingerprint density at radius 3 is 2.06 bits per heavy atom. The molecule has 2 nitrogen and oxygen atoms in total. The second-order valence-corrected chi connectivity index (χ2v) is 5.34. The van der Waals surface area contributed by atoms with Gasteiger partial charge in [-0.1, -0.05) is 63.4 Å². The summed E-state index contributed by atoms with van der Waals surface area (Å²) < 4.78 is 0. The summed E-state index contributed by atoms with van der Waals surface area (Å²) in [6.45, 7) is 3.71. The van der Waals surface area contributed by atoms with Gasteiger partial charge in [0.25, 0.3) is 0 Å². The Balaban J connectivity index is 0.000000280. The van der Waals surface area contributed by atoms with Crippen LogP contribution in [0, 0.1) is 5.92 Å². The molecule has 1 fully saturated rings. The lowest BCUT2D eigenvalue weighted by atomic mass is 9.80. The highest BCUT2D eigenvalue weighted by atomic mass is 16.3. The molecule has 0 amide bonds. The molecule has 1 saturated carbocycles. The van der Waals surface area contributed by atoms with E-state index in [0.29, 0.717) is 0 Å². The van der Waals surface area contributed by atoms with Crippen LogP contribution in [0.3, 0.4) is 0 Å². The van der Waals surface area contributed by atoms with Gasteiger partial charge in [0.1, 0.15) is 6.29 Å². The highest BCUT2D eigenvalue weighted by molar-refractivity contribution is 5.51. The van der Waals surface area contributed by atoms with Crippen molar-refractivity contribution in [3.63, 3.8) is 0 Å². The highest BCUT2D eigenvalue weighted by Gasteiger charge is 2.30. The van der Waals surface area contributed by atoms with Crippen molar-refractivity contribution in [3.8, 4) is 0 Å². The molecule has 1 aliphatic carbocycles. The van der Waals surface area contributed by atoms with Crippen molar-refractivity contribution in [1.82, 2.24) is 0 Å². The Morgan fingerprint density at radius 1 is 1.11 bits per heavy atom. The lowest BCUT2D eigenvalue weighted by molar-refractivity contribution is -0.110. The van der Waals surface area contributed by atoms with Crippen LogP contribution in [0.25, 0.3) is 0 Å². The van der Waals surface area contributed by atoms with E-state index in [4.69, 9.17) is 0 Å². The van der Waals surface area contributed by atoms with Gasteiger partial charge in [-0.05, 0) is 18.4 Å². The van der Waals surface area contributed by atoms with Crippen molar-refractivity contribution in [2.45, 2.75) is 51.6 Å². The summed E-state index contributed by atoms with van der Waals surface area (Å²) in [5, 5.41) is 10.3. The maximum absolute atomic E-state index is 10.3. The predicted molar refractivity (Wildman–Crippen MR) is 74.3 cm³/mol. The van der Waals surface area contributed by atoms with Crippen LogP contribution >= 0.6 is 0 Å². The molecular formula is C16H24O2. The van der Waals surface area contributed by atoms with Crippen LogP contribution in [0.2, 0.25) is 0 Å². The number of hydrogen-bond donors (Lipinski definition) is 1. The lowest BCUT2D eigenvalue weighted by Gasteiger charge is -2.32. The van der Waals surface area contributed by atoms with Gasteiger partial charge in [0.15, 0.2) is 0 Å². The van der Waals surface area contributed by atoms with Crippen molar-refractivity contribution >= 4 is 6.29 Å². The molecular weight excluding hydrogens is 224 g/mol. The molecule has 18 heavy (non-hydrogen) atoms. The first-order valence-corrected chi connectivity index (χ1v) is 6.82. The average molecular weight is 248 g/mol. The van der Waals surface area contributed by atoms with Crippen molar-refractivity contribution in [1.29, 1.82) is 0 Å². The van der Waals surface area contributed by atoms with E-state index >= 15 is 0 Å². The summed E-state index contributed by atoms with van der Waals surface area (Å²) in [4.78, 5) is 9.50. The number of carbonyl (C=O) groups is 1. The molecule has 0 aromatic heterocycles. The third-order valence-electron chi connectivity index (χ3n) is 3.26. The average Bonchev–Trinajstić information content (AvgIpc) is 2.41. The molecule has 0 saturated heterocycles. The molecule has 1 aromatic carbocycles. The number of aldehydes is 1. The Morgan fingerprint density at radius 2 is 1.61 bits per heavy atom. The molecule has 0 aliphatic heterocycles. The van der Waals surface area contributed by atoms with E-state index < -0.39 is 5.60 Å². The number of aliphatic hydroxyl groups is 1. The Labute approximate surface area is 110 Å². The molecule has 0 radical (unpaired) electrons. The number of hydrogen-bond acceptors (Lipinski definition) is 2.